The molecule has 0 N–H and O–H groups in total. The first-order valence-corrected chi connectivity index (χ1v) is 6.68. The van der Waals surface area contributed by atoms with Crippen molar-refractivity contribution in [1.29, 1.82) is 0 Å². The average Bonchev–Trinajstić information content (AvgIpc) is 2.77. The number of rotatable bonds is 3. The molecule has 1 aromatic rings. The van der Waals surface area contributed by atoms with Gasteiger partial charge in [0.25, 0.3) is 0 Å². The minimum absolute atomic E-state index is 0.665. The summed E-state index contributed by atoms with van der Waals surface area (Å²) in [6.45, 7) is 2.26. The molecule has 1 aliphatic rings. The van der Waals surface area contributed by atoms with E-state index in [1.54, 1.807) is 11.3 Å². The lowest BCUT2D eigenvalue weighted by Crippen LogP contribution is -2.36. The molecule has 1 aromatic heterocycles. The second-order valence-electron chi connectivity index (χ2n) is 3.99. The van der Waals surface area contributed by atoms with Gasteiger partial charge in [-0.05, 0) is 42.4 Å². The fourth-order valence-electron chi connectivity index (χ4n) is 1.96. The van der Waals surface area contributed by atoms with Gasteiger partial charge >= 0.3 is 0 Å². The van der Waals surface area contributed by atoms with E-state index in [1.165, 1.54) is 19.4 Å². The van der Waals surface area contributed by atoms with Crippen LogP contribution < -0.4 is 4.90 Å². The first-order chi connectivity index (χ1) is 7.16. The summed E-state index contributed by atoms with van der Waals surface area (Å²) in [4.78, 5) is 4.61. The Hall–Kier alpha value is -0.200. The van der Waals surface area contributed by atoms with E-state index < -0.39 is 0 Å². The highest BCUT2D eigenvalue weighted by molar-refractivity contribution is 9.11. The molecule has 0 amide bonds. The highest BCUT2D eigenvalue weighted by Gasteiger charge is 2.23. The first-order valence-electron chi connectivity index (χ1n) is 5.07. The van der Waals surface area contributed by atoms with Gasteiger partial charge in [0, 0.05) is 19.6 Å². The number of likely N-dealkylation sites (tertiary alicyclic amines) is 1. The zero-order valence-corrected chi connectivity index (χ0v) is 11.4. The fraction of sp³-hybridized carbons (Fsp3) is 0.778. The van der Waals surface area contributed by atoms with E-state index in [0.717, 1.165) is 15.6 Å². The van der Waals surface area contributed by atoms with Crippen molar-refractivity contribution < 1.29 is 0 Å². The summed E-state index contributed by atoms with van der Waals surface area (Å²) in [6, 6.07) is 0.665. The molecule has 6 heteroatoms. The smallest absolute Gasteiger partial charge is 0.208 e. The van der Waals surface area contributed by atoms with Crippen LogP contribution in [0.25, 0.3) is 0 Å². The van der Waals surface area contributed by atoms with Crippen LogP contribution in [0.2, 0.25) is 0 Å². The Kier molecular flexibility index (Phi) is 3.58. The number of anilines is 1. The van der Waals surface area contributed by atoms with E-state index in [1.807, 2.05) is 0 Å². The maximum absolute atomic E-state index is 4.11. The van der Waals surface area contributed by atoms with E-state index in [-0.39, 0.29) is 0 Å². The lowest BCUT2D eigenvalue weighted by molar-refractivity contribution is 0.314. The molecule has 0 aromatic carbocycles. The molecule has 84 valence electrons. The van der Waals surface area contributed by atoms with E-state index >= 15 is 0 Å². The zero-order chi connectivity index (χ0) is 10.8. The molecule has 1 fully saturated rings. The zero-order valence-electron chi connectivity index (χ0n) is 8.98. The quantitative estimate of drug-likeness (QED) is 0.850. The van der Waals surface area contributed by atoms with Crippen LogP contribution in [0.4, 0.5) is 5.13 Å². The molecule has 2 heterocycles. The molecule has 0 aliphatic carbocycles. The predicted octanol–water partition coefficient (Wildman–Crippen LogP) is 1.83. The van der Waals surface area contributed by atoms with Crippen molar-refractivity contribution in [3.8, 4) is 0 Å². The Morgan fingerprint density at radius 1 is 1.60 bits per heavy atom. The Morgan fingerprint density at radius 2 is 2.40 bits per heavy atom. The SMILES string of the molecule is CN(CC1CCCN1C)c1nnc(Br)s1. The monoisotopic (exact) mass is 290 g/mol. The Labute approximate surface area is 102 Å². The Bertz CT molecular complexity index is 330. The van der Waals surface area contributed by atoms with Crippen molar-refractivity contribution in [2.24, 2.45) is 0 Å². The molecule has 2 rings (SSSR count). The summed E-state index contributed by atoms with van der Waals surface area (Å²) in [6.07, 6.45) is 2.61. The molecule has 1 saturated heterocycles. The molecule has 1 unspecified atom stereocenters. The largest absolute Gasteiger partial charge is 0.348 e. The van der Waals surface area contributed by atoms with E-state index in [9.17, 15) is 0 Å². The van der Waals surface area contributed by atoms with Crippen molar-refractivity contribution >= 4 is 32.4 Å². The molecule has 0 saturated carbocycles. The third-order valence-electron chi connectivity index (χ3n) is 2.87. The summed E-state index contributed by atoms with van der Waals surface area (Å²) < 4.78 is 0.851. The van der Waals surface area contributed by atoms with Crippen LogP contribution in [0.5, 0.6) is 0 Å². The van der Waals surface area contributed by atoms with Crippen LogP contribution >= 0.6 is 27.3 Å². The van der Waals surface area contributed by atoms with E-state index in [2.05, 4.69) is 50.0 Å². The summed E-state index contributed by atoms with van der Waals surface area (Å²) in [7, 11) is 4.28. The van der Waals surface area contributed by atoms with Crippen LogP contribution in [0.3, 0.4) is 0 Å². The van der Waals surface area contributed by atoms with Crippen LogP contribution in [-0.2, 0) is 0 Å². The lowest BCUT2D eigenvalue weighted by Gasteiger charge is -2.24. The Morgan fingerprint density at radius 3 is 2.93 bits per heavy atom. The van der Waals surface area contributed by atoms with Crippen molar-refractivity contribution in [3.63, 3.8) is 0 Å². The van der Waals surface area contributed by atoms with Gasteiger partial charge in [0.15, 0.2) is 3.92 Å². The predicted molar refractivity (Wildman–Crippen MR) is 66.5 cm³/mol. The number of hydrogen-bond donors (Lipinski definition) is 0. The molecular formula is C9H15BrN4S. The van der Waals surface area contributed by atoms with Crippen molar-refractivity contribution in [2.45, 2.75) is 18.9 Å². The maximum Gasteiger partial charge on any atom is 0.208 e. The third-order valence-corrected chi connectivity index (χ3v) is 4.34. The maximum atomic E-state index is 4.11. The molecule has 0 radical (unpaired) electrons. The number of likely N-dealkylation sites (N-methyl/N-ethyl adjacent to an activating group) is 2. The topological polar surface area (TPSA) is 32.3 Å². The fourth-order valence-corrected chi connectivity index (χ4v) is 3.01. The van der Waals surface area contributed by atoms with Crippen molar-refractivity contribution in [2.75, 3.05) is 32.1 Å². The molecule has 15 heavy (non-hydrogen) atoms. The van der Waals surface area contributed by atoms with Gasteiger partial charge in [0.1, 0.15) is 0 Å². The van der Waals surface area contributed by atoms with Gasteiger partial charge in [0.05, 0.1) is 0 Å². The van der Waals surface area contributed by atoms with Gasteiger partial charge in [0.2, 0.25) is 5.13 Å². The minimum Gasteiger partial charge on any atom is -0.348 e. The summed E-state index contributed by atoms with van der Waals surface area (Å²) in [5.41, 5.74) is 0. The molecule has 0 bridgehead atoms. The summed E-state index contributed by atoms with van der Waals surface area (Å²) in [5.74, 6) is 0. The standard InChI is InChI=1S/C9H15BrN4S/c1-13-5-3-4-7(13)6-14(2)9-12-11-8(10)15-9/h7H,3-6H2,1-2H3. The number of hydrogen-bond acceptors (Lipinski definition) is 5. The Balaban J connectivity index is 1.94. The molecule has 1 atom stereocenters. The van der Waals surface area contributed by atoms with Crippen LogP contribution in [0.15, 0.2) is 3.92 Å². The lowest BCUT2D eigenvalue weighted by atomic mass is 10.2. The van der Waals surface area contributed by atoms with Crippen molar-refractivity contribution in [1.82, 2.24) is 15.1 Å². The minimum atomic E-state index is 0.665. The van der Waals surface area contributed by atoms with Gasteiger partial charge in [-0.2, -0.15) is 0 Å². The number of halogens is 1. The van der Waals surface area contributed by atoms with E-state index in [0.29, 0.717) is 6.04 Å². The molecular weight excluding hydrogens is 276 g/mol. The molecule has 1 aliphatic heterocycles. The van der Waals surface area contributed by atoms with Crippen molar-refractivity contribution in [3.05, 3.63) is 3.92 Å². The first kappa shape index (κ1) is 11.3. The van der Waals surface area contributed by atoms with Gasteiger partial charge in [-0.1, -0.05) is 11.3 Å². The average molecular weight is 291 g/mol. The van der Waals surface area contributed by atoms with Gasteiger partial charge in [-0.3, -0.25) is 0 Å². The summed E-state index contributed by atoms with van der Waals surface area (Å²) in [5, 5.41) is 9.06. The number of aromatic nitrogens is 2. The van der Waals surface area contributed by atoms with Gasteiger partial charge < -0.3 is 9.80 Å². The number of nitrogens with zero attached hydrogens (tertiary/aromatic N) is 4. The van der Waals surface area contributed by atoms with Gasteiger partial charge in [-0.15, -0.1) is 10.2 Å². The highest BCUT2D eigenvalue weighted by Crippen LogP contribution is 2.24. The van der Waals surface area contributed by atoms with Crippen LogP contribution in [0, 0.1) is 0 Å². The third kappa shape index (κ3) is 2.68. The van der Waals surface area contributed by atoms with Gasteiger partial charge in [-0.25, -0.2) is 0 Å². The van der Waals surface area contributed by atoms with Crippen LogP contribution in [0.1, 0.15) is 12.8 Å². The second kappa shape index (κ2) is 4.76. The second-order valence-corrected chi connectivity index (χ2v) is 6.23. The molecule has 0 spiro atoms. The molecule has 4 nitrogen and oxygen atoms in total. The summed E-state index contributed by atoms with van der Waals surface area (Å²) >= 11 is 4.92. The normalized spacial score (nSPS) is 22.2. The van der Waals surface area contributed by atoms with E-state index in [4.69, 9.17) is 0 Å². The van der Waals surface area contributed by atoms with Crippen LogP contribution in [-0.4, -0.2) is 48.3 Å². The highest BCUT2D eigenvalue weighted by atomic mass is 79.9.